The number of aromatic nitrogens is 2. The van der Waals surface area contributed by atoms with Crippen molar-refractivity contribution >= 4 is 40.3 Å². The zero-order valence-corrected chi connectivity index (χ0v) is 24.4. The Labute approximate surface area is 242 Å². The molecule has 41 heavy (non-hydrogen) atoms. The summed E-state index contributed by atoms with van der Waals surface area (Å²) >= 11 is 1.51. The van der Waals surface area contributed by atoms with Crippen LogP contribution in [0, 0.1) is 5.92 Å². The van der Waals surface area contributed by atoms with Crippen LogP contribution in [0.4, 0.5) is 4.79 Å². The molecule has 216 valence electrons. The number of para-hydroxylation sites is 2. The fraction of sp³-hybridized carbons (Fsp3) is 0.433. The predicted molar refractivity (Wildman–Crippen MR) is 154 cm³/mol. The summed E-state index contributed by atoms with van der Waals surface area (Å²) in [4.78, 5) is 51.5. The Morgan fingerprint density at radius 1 is 1.17 bits per heavy atom. The van der Waals surface area contributed by atoms with Gasteiger partial charge in [0.25, 0.3) is 0 Å². The lowest BCUT2D eigenvalue weighted by Gasteiger charge is -2.28. The molecule has 0 bridgehead atoms. The van der Waals surface area contributed by atoms with Gasteiger partial charge in [-0.05, 0) is 57.7 Å². The summed E-state index contributed by atoms with van der Waals surface area (Å²) in [6.07, 6.45) is 0.958. The topological polar surface area (TPSA) is 120 Å². The standard InChI is InChI=1S/C30H34N4O6S/c1-6-18-16-30(18,27(36)38-7-2)33-25(35)22-15-19(17-34(22)28(37)40-29(3,4)5)39-26-24(23-13-10-14-41-23)31-20-11-8-9-12-21(20)32-26/h6,8-14,18-19,22H,1,7,15-17H2,2-5H3,(H,33,35)/t18-,19-,22+,30-/m1/s1. The van der Waals surface area contributed by atoms with Gasteiger partial charge >= 0.3 is 12.1 Å². The zero-order chi connectivity index (χ0) is 29.4. The smallest absolute Gasteiger partial charge is 0.411 e. The minimum absolute atomic E-state index is 0.0860. The van der Waals surface area contributed by atoms with Crippen LogP contribution in [0.15, 0.2) is 54.4 Å². The molecule has 3 aromatic rings. The van der Waals surface area contributed by atoms with Crippen LogP contribution in [0.25, 0.3) is 21.6 Å². The lowest BCUT2D eigenvalue weighted by atomic mass is 10.1. The molecule has 1 N–H and O–H groups in total. The van der Waals surface area contributed by atoms with Gasteiger partial charge < -0.3 is 19.5 Å². The monoisotopic (exact) mass is 578 g/mol. The number of hydrogen-bond donors (Lipinski definition) is 1. The summed E-state index contributed by atoms with van der Waals surface area (Å²) in [5.41, 5.74) is 0.0174. The van der Waals surface area contributed by atoms with Crippen LogP contribution in [-0.4, -0.2) is 69.3 Å². The second-order valence-electron chi connectivity index (χ2n) is 11.2. The van der Waals surface area contributed by atoms with Crippen LogP contribution in [0.2, 0.25) is 0 Å². The van der Waals surface area contributed by atoms with E-state index in [2.05, 4.69) is 11.9 Å². The molecule has 5 rings (SSSR count). The van der Waals surface area contributed by atoms with Crippen molar-refractivity contribution in [1.82, 2.24) is 20.2 Å². The second-order valence-corrected chi connectivity index (χ2v) is 12.1. The van der Waals surface area contributed by atoms with Crippen LogP contribution in [-0.2, 0) is 19.1 Å². The molecular weight excluding hydrogens is 544 g/mol. The largest absolute Gasteiger partial charge is 0.471 e. The van der Waals surface area contributed by atoms with Crippen molar-refractivity contribution in [2.24, 2.45) is 5.92 Å². The number of benzene rings is 1. The summed E-state index contributed by atoms with van der Waals surface area (Å²) in [7, 11) is 0. The molecule has 2 aliphatic rings. The van der Waals surface area contributed by atoms with Gasteiger partial charge in [-0.3, -0.25) is 9.69 Å². The fourth-order valence-corrected chi connectivity index (χ4v) is 5.72. The Bertz CT molecular complexity index is 1470. The predicted octanol–water partition coefficient (Wildman–Crippen LogP) is 4.74. The van der Waals surface area contributed by atoms with Gasteiger partial charge in [-0.15, -0.1) is 17.9 Å². The highest BCUT2D eigenvalue weighted by atomic mass is 32.1. The first-order valence-electron chi connectivity index (χ1n) is 13.6. The van der Waals surface area contributed by atoms with Crippen LogP contribution in [0.1, 0.15) is 40.5 Å². The van der Waals surface area contributed by atoms with Gasteiger partial charge in [0.2, 0.25) is 11.8 Å². The molecule has 2 amide bonds. The number of carbonyl (C=O) groups excluding carboxylic acids is 3. The van der Waals surface area contributed by atoms with Gasteiger partial charge in [0.1, 0.15) is 29.0 Å². The Morgan fingerprint density at radius 2 is 1.90 bits per heavy atom. The van der Waals surface area contributed by atoms with Crippen LogP contribution in [0.5, 0.6) is 5.88 Å². The molecule has 0 unspecified atom stereocenters. The van der Waals surface area contributed by atoms with E-state index in [0.29, 0.717) is 23.5 Å². The Hall–Kier alpha value is -3.99. The zero-order valence-electron chi connectivity index (χ0n) is 23.6. The van der Waals surface area contributed by atoms with Gasteiger partial charge in [-0.2, -0.15) is 0 Å². The third-order valence-corrected chi connectivity index (χ3v) is 7.93. The number of carbonyl (C=O) groups is 3. The molecule has 1 aromatic carbocycles. The van der Waals surface area contributed by atoms with Gasteiger partial charge in [0.05, 0.1) is 29.1 Å². The number of nitrogens with zero attached hydrogens (tertiary/aromatic N) is 3. The molecular formula is C30H34N4O6S. The van der Waals surface area contributed by atoms with Gasteiger partial charge in [-0.25, -0.2) is 19.6 Å². The van der Waals surface area contributed by atoms with Crippen LogP contribution >= 0.6 is 11.3 Å². The van der Waals surface area contributed by atoms with E-state index in [9.17, 15) is 14.4 Å². The van der Waals surface area contributed by atoms with Gasteiger partial charge in [0.15, 0.2) is 0 Å². The number of hydrogen-bond acceptors (Lipinski definition) is 9. The number of esters is 1. The van der Waals surface area contributed by atoms with E-state index in [1.165, 1.54) is 16.2 Å². The third-order valence-electron chi connectivity index (χ3n) is 7.05. The Kier molecular flexibility index (Phi) is 7.74. The number of ether oxygens (including phenoxy) is 3. The van der Waals surface area contributed by atoms with Crippen molar-refractivity contribution in [3.8, 4) is 16.5 Å². The second kappa shape index (κ2) is 11.1. The lowest BCUT2D eigenvalue weighted by Crippen LogP contribution is -2.53. The van der Waals surface area contributed by atoms with E-state index < -0.39 is 41.3 Å². The number of nitrogens with one attached hydrogen (secondary N) is 1. The molecule has 1 saturated carbocycles. The number of thiophene rings is 1. The third kappa shape index (κ3) is 5.90. The van der Waals surface area contributed by atoms with Crippen molar-refractivity contribution in [2.45, 2.75) is 63.8 Å². The number of rotatable bonds is 8. The summed E-state index contributed by atoms with van der Waals surface area (Å²) in [5, 5.41) is 4.82. The summed E-state index contributed by atoms with van der Waals surface area (Å²) in [5.74, 6) is -0.934. The van der Waals surface area contributed by atoms with E-state index in [1.54, 1.807) is 33.8 Å². The molecule has 1 aliphatic carbocycles. The maximum atomic E-state index is 13.7. The van der Waals surface area contributed by atoms with Crippen molar-refractivity contribution in [3.05, 3.63) is 54.4 Å². The van der Waals surface area contributed by atoms with Crippen LogP contribution in [0.3, 0.4) is 0 Å². The first-order valence-corrected chi connectivity index (χ1v) is 14.5. The first kappa shape index (κ1) is 28.5. The number of fused-ring (bicyclic) bond motifs is 1. The van der Waals surface area contributed by atoms with Gasteiger partial charge in [0, 0.05) is 12.3 Å². The summed E-state index contributed by atoms with van der Waals surface area (Å²) in [6.45, 7) is 11.0. The maximum absolute atomic E-state index is 13.7. The SMILES string of the molecule is C=C[C@@H]1C[C@]1(NC(=O)[C@@H]1C[C@@H](Oc2nc3ccccc3nc2-c2cccs2)CN1C(=O)OC(C)(C)C)C(=O)OCC. The van der Waals surface area contributed by atoms with E-state index in [0.717, 1.165) is 10.4 Å². The van der Waals surface area contributed by atoms with E-state index in [-0.39, 0.29) is 25.5 Å². The van der Waals surface area contributed by atoms with Crippen molar-refractivity contribution in [1.29, 1.82) is 0 Å². The number of amides is 2. The molecule has 4 atom stereocenters. The number of likely N-dealkylation sites (tertiary alicyclic amines) is 1. The highest BCUT2D eigenvalue weighted by molar-refractivity contribution is 7.13. The summed E-state index contributed by atoms with van der Waals surface area (Å²) < 4.78 is 17.3. The van der Waals surface area contributed by atoms with Crippen molar-refractivity contribution < 1.29 is 28.6 Å². The van der Waals surface area contributed by atoms with Crippen LogP contribution < -0.4 is 10.1 Å². The Morgan fingerprint density at radius 3 is 2.51 bits per heavy atom. The molecule has 0 radical (unpaired) electrons. The van der Waals surface area contributed by atoms with E-state index in [1.807, 2.05) is 41.8 Å². The van der Waals surface area contributed by atoms with Crippen molar-refractivity contribution in [3.63, 3.8) is 0 Å². The molecule has 10 nitrogen and oxygen atoms in total. The minimum atomic E-state index is -1.19. The first-order chi connectivity index (χ1) is 19.5. The quantitative estimate of drug-likeness (QED) is 0.301. The highest BCUT2D eigenvalue weighted by Crippen LogP contribution is 2.46. The molecule has 1 aliphatic heterocycles. The minimum Gasteiger partial charge on any atom is -0.471 e. The molecule has 1 saturated heterocycles. The normalized spacial score (nSPS) is 23.6. The average Bonchev–Trinajstić information content (AvgIpc) is 3.24. The highest BCUT2D eigenvalue weighted by Gasteiger charge is 2.62. The summed E-state index contributed by atoms with van der Waals surface area (Å²) in [6, 6.07) is 10.4. The Balaban J connectivity index is 1.43. The van der Waals surface area contributed by atoms with Crippen molar-refractivity contribution in [2.75, 3.05) is 13.2 Å². The lowest BCUT2D eigenvalue weighted by molar-refractivity contribution is -0.149. The molecule has 0 spiro atoms. The van der Waals surface area contributed by atoms with E-state index in [4.69, 9.17) is 24.2 Å². The molecule has 11 heteroatoms. The maximum Gasteiger partial charge on any atom is 0.411 e. The molecule has 2 aromatic heterocycles. The molecule has 3 heterocycles. The average molecular weight is 579 g/mol. The van der Waals surface area contributed by atoms with E-state index >= 15 is 0 Å². The fourth-order valence-electron chi connectivity index (χ4n) is 5.02. The molecule has 2 fully saturated rings. The van der Waals surface area contributed by atoms with Gasteiger partial charge in [-0.1, -0.05) is 24.3 Å².